The average Bonchev–Trinajstić information content (AvgIpc) is 2.23. The lowest BCUT2D eigenvalue weighted by molar-refractivity contribution is -0.170. The summed E-state index contributed by atoms with van der Waals surface area (Å²) in [4.78, 5) is 0. The summed E-state index contributed by atoms with van der Waals surface area (Å²) in [6.07, 6.45) is -3.72. The van der Waals surface area contributed by atoms with Crippen molar-refractivity contribution in [3.63, 3.8) is 0 Å². The van der Waals surface area contributed by atoms with Gasteiger partial charge >= 0.3 is 12.3 Å². The molecule has 0 saturated heterocycles. The Bertz CT molecular complexity index is 224. The minimum absolute atomic E-state index is 0.139. The fourth-order valence-electron chi connectivity index (χ4n) is 1.15. The molecular formula is C10H19F4NO2. The van der Waals surface area contributed by atoms with Crippen LogP contribution in [-0.2, 0) is 9.47 Å². The number of hydrogen-bond acceptors (Lipinski definition) is 3. The summed E-state index contributed by atoms with van der Waals surface area (Å²) in [7, 11) is 3.08. The first kappa shape index (κ1) is 16.6. The van der Waals surface area contributed by atoms with E-state index in [1.165, 1.54) is 7.11 Å². The van der Waals surface area contributed by atoms with Gasteiger partial charge in [0.15, 0.2) is 0 Å². The number of likely N-dealkylation sites (N-methyl/N-ethyl adjacent to an activating group) is 1. The van der Waals surface area contributed by atoms with E-state index in [0.29, 0.717) is 0 Å². The van der Waals surface area contributed by atoms with Gasteiger partial charge in [-0.3, -0.25) is 0 Å². The number of rotatable bonds is 8. The van der Waals surface area contributed by atoms with Crippen molar-refractivity contribution in [1.29, 1.82) is 0 Å². The summed E-state index contributed by atoms with van der Waals surface area (Å²) in [6, 6.07) is -0.374. The zero-order valence-electron chi connectivity index (χ0n) is 10.4. The molecule has 0 radical (unpaired) electrons. The zero-order valence-corrected chi connectivity index (χ0v) is 10.4. The molecule has 1 unspecified atom stereocenters. The second-order valence-corrected chi connectivity index (χ2v) is 4.23. The molecule has 104 valence electrons. The number of hydrogen-bond donors (Lipinski definition) is 1. The van der Waals surface area contributed by atoms with Crippen LogP contribution in [0.15, 0.2) is 0 Å². The Labute approximate surface area is 98.5 Å². The first-order valence-electron chi connectivity index (χ1n) is 5.13. The lowest BCUT2D eigenvalue weighted by atomic mass is 10.00. The van der Waals surface area contributed by atoms with E-state index in [2.05, 4.69) is 10.1 Å². The summed E-state index contributed by atoms with van der Waals surface area (Å²) < 4.78 is 58.6. The lowest BCUT2D eigenvalue weighted by Crippen LogP contribution is -2.50. The largest absolute Gasteiger partial charge is 0.377 e. The quantitative estimate of drug-likeness (QED) is 0.677. The van der Waals surface area contributed by atoms with Gasteiger partial charge in [0.05, 0.1) is 18.2 Å². The van der Waals surface area contributed by atoms with Gasteiger partial charge in [-0.25, -0.2) is 8.78 Å². The molecule has 1 N–H and O–H groups in total. The van der Waals surface area contributed by atoms with Gasteiger partial charge in [0.2, 0.25) is 0 Å². The van der Waals surface area contributed by atoms with Crippen molar-refractivity contribution in [2.45, 2.75) is 37.8 Å². The fraction of sp³-hybridized carbons (Fsp3) is 1.00. The van der Waals surface area contributed by atoms with Gasteiger partial charge in [0.25, 0.3) is 0 Å². The number of ether oxygens (including phenoxy) is 2. The second-order valence-electron chi connectivity index (χ2n) is 4.23. The fourth-order valence-corrected chi connectivity index (χ4v) is 1.15. The molecule has 0 heterocycles. The molecule has 3 nitrogen and oxygen atoms in total. The van der Waals surface area contributed by atoms with E-state index < -0.39 is 24.6 Å². The second kappa shape index (κ2) is 6.51. The number of nitrogens with one attached hydrogen (secondary N) is 1. The predicted molar refractivity (Wildman–Crippen MR) is 55.7 cm³/mol. The SMILES string of the molecule is CNC(COCC(F)(F)C(F)F)C(C)(C)OC. The van der Waals surface area contributed by atoms with Gasteiger partial charge in [-0.1, -0.05) is 0 Å². The summed E-state index contributed by atoms with van der Waals surface area (Å²) in [6.45, 7) is 2.04. The maximum absolute atomic E-state index is 12.6. The van der Waals surface area contributed by atoms with E-state index in [9.17, 15) is 17.6 Å². The molecule has 0 bridgehead atoms. The standard InChI is InChI=1S/C10H19F4NO2/c1-9(2,16-4)7(15-3)5-17-6-10(13,14)8(11)12/h7-8,15H,5-6H2,1-4H3. The van der Waals surface area contributed by atoms with Crippen LogP contribution in [0.4, 0.5) is 17.6 Å². The van der Waals surface area contributed by atoms with Crippen molar-refractivity contribution in [3.8, 4) is 0 Å². The van der Waals surface area contributed by atoms with Crippen LogP contribution in [0.3, 0.4) is 0 Å². The molecule has 0 aromatic rings. The molecule has 0 aliphatic heterocycles. The Balaban J connectivity index is 4.18. The highest BCUT2D eigenvalue weighted by molar-refractivity contribution is 4.84. The molecule has 7 heteroatoms. The van der Waals surface area contributed by atoms with Crippen LogP contribution in [0.1, 0.15) is 13.8 Å². The predicted octanol–water partition coefficient (Wildman–Crippen LogP) is 1.92. The van der Waals surface area contributed by atoms with Gasteiger partial charge in [-0.15, -0.1) is 0 Å². The highest BCUT2D eigenvalue weighted by Gasteiger charge is 2.41. The van der Waals surface area contributed by atoms with Crippen LogP contribution in [0.2, 0.25) is 0 Å². The maximum atomic E-state index is 12.6. The van der Waals surface area contributed by atoms with Crippen molar-refractivity contribution in [2.75, 3.05) is 27.4 Å². The molecule has 17 heavy (non-hydrogen) atoms. The summed E-state index contributed by atoms with van der Waals surface area (Å²) in [5.74, 6) is -4.12. The molecule has 0 aromatic carbocycles. The molecule has 0 saturated carbocycles. The molecule has 1 atom stereocenters. The average molecular weight is 261 g/mol. The molecule has 0 amide bonds. The van der Waals surface area contributed by atoms with Gasteiger partial charge in [0, 0.05) is 7.11 Å². The number of alkyl halides is 4. The molecular weight excluding hydrogens is 242 g/mol. The first-order chi connectivity index (χ1) is 7.67. The summed E-state index contributed by atoms with van der Waals surface area (Å²) in [5, 5.41) is 2.83. The Kier molecular flexibility index (Phi) is 6.36. The van der Waals surface area contributed by atoms with Crippen LogP contribution in [0.5, 0.6) is 0 Å². The number of methoxy groups -OCH3 is 1. The van der Waals surface area contributed by atoms with Crippen molar-refractivity contribution >= 4 is 0 Å². The third-order valence-electron chi connectivity index (χ3n) is 2.61. The monoisotopic (exact) mass is 261 g/mol. The Hall–Kier alpha value is -0.400. The minimum Gasteiger partial charge on any atom is -0.377 e. The molecule has 0 spiro atoms. The van der Waals surface area contributed by atoms with Crippen molar-refractivity contribution < 1.29 is 27.0 Å². The molecule has 0 rings (SSSR count). The van der Waals surface area contributed by atoms with Crippen LogP contribution in [0.25, 0.3) is 0 Å². The Morgan fingerprint density at radius 1 is 1.24 bits per heavy atom. The lowest BCUT2D eigenvalue weighted by Gasteiger charge is -2.33. The molecule has 0 fully saturated rings. The molecule has 0 aromatic heterocycles. The molecule has 0 aliphatic rings. The minimum atomic E-state index is -4.12. The highest BCUT2D eigenvalue weighted by Crippen LogP contribution is 2.23. The maximum Gasteiger partial charge on any atom is 0.330 e. The van der Waals surface area contributed by atoms with E-state index in [4.69, 9.17) is 4.74 Å². The van der Waals surface area contributed by atoms with Crippen LogP contribution in [0, 0.1) is 0 Å². The van der Waals surface area contributed by atoms with E-state index in [1.807, 2.05) is 0 Å². The van der Waals surface area contributed by atoms with Crippen molar-refractivity contribution in [2.24, 2.45) is 0 Å². The van der Waals surface area contributed by atoms with E-state index >= 15 is 0 Å². The number of halogens is 4. The van der Waals surface area contributed by atoms with E-state index in [1.54, 1.807) is 20.9 Å². The Morgan fingerprint density at radius 3 is 2.12 bits per heavy atom. The van der Waals surface area contributed by atoms with Gasteiger partial charge in [-0.2, -0.15) is 8.78 Å². The van der Waals surface area contributed by atoms with Crippen LogP contribution >= 0.6 is 0 Å². The van der Waals surface area contributed by atoms with E-state index in [0.717, 1.165) is 0 Å². The summed E-state index contributed by atoms with van der Waals surface area (Å²) >= 11 is 0. The zero-order chi connectivity index (χ0) is 13.7. The highest BCUT2D eigenvalue weighted by atomic mass is 19.3. The summed E-state index contributed by atoms with van der Waals surface area (Å²) in [5.41, 5.74) is -0.644. The Morgan fingerprint density at radius 2 is 1.76 bits per heavy atom. The van der Waals surface area contributed by atoms with Gasteiger partial charge < -0.3 is 14.8 Å². The first-order valence-corrected chi connectivity index (χ1v) is 5.13. The smallest absolute Gasteiger partial charge is 0.330 e. The van der Waals surface area contributed by atoms with Crippen molar-refractivity contribution in [3.05, 3.63) is 0 Å². The van der Waals surface area contributed by atoms with Gasteiger partial charge in [-0.05, 0) is 20.9 Å². The molecule has 0 aliphatic carbocycles. The van der Waals surface area contributed by atoms with Gasteiger partial charge in [0.1, 0.15) is 6.61 Å². The third kappa shape index (κ3) is 5.18. The van der Waals surface area contributed by atoms with Crippen LogP contribution in [-0.4, -0.2) is 51.4 Å². The topological polar surface area (TPSA) is 30.5 Å². The normalized spacial score (nSPS) is 15.4. The third-order valence-corrected chi connectivity index (χ3v) is 2.61. The van der Waals surface area contributed by atoms with E-state index in [-0.39, 0.29) is 12.6 Å². The van der Waals surface area contributed by atoms with Crippen LogP contribution < -0.4 is 5.32 Å². The van der Waals surface area contributed by atoms with Crippen molar-refractivity contribution in [1.82, 2.24) is 5.32 Å².